The minimum Gasteiger partial charge on any atom is -0.399 e. The number of halogens is 2. The van der Waals surface area contributed by atoms with E-state index in [2.05, 4.69) is 15.9 Å². The second-order valence-corrected chi connectivity index (χ2v) is 7.23. The molecule has 0 radical (unpaired) electrons. The lowest BCUT2D eigenvalue weighted by Gasteiger charge is -2.26. The van der Waals surface area contributed by atoms with E-state index in [-0.39, 0.29) is 29.4 Å². The van der Waals surface area contributed by atoms with Crippen molar-refractivity contribution in [3.05, 3.63) is 22.4 Å². The van der Waals surface area contributed by atoms with Crippen LogP contribution >= 0.6 is 15.9 Å². The van der Waals surface area contributed by atoms with Gasteiger partial charge in [0.1, 0.15) is 4.90 Å². The second kappa shape index (κ2) is 6.84. The third kappa shape index (κ3) is 3.69. The van der Waals surface area contributed by atoms with Gasteiger partial charge in [-0.3, -0.25) is 0 Å². The van der Waals surface area contributed by atoms with Crippen LogP contribution in [0.5, 0.6) is 0 Å². The van der Waals surface area contributed by atoms with E-state index in [1.165, 1.54) is 17.5 Å². The van der Waals surface area contributed by atoms with Gasteiger partial charge in [0.2, 0.25) is 10.0 Å². The number of hydrogen-bond acceptors (Lipinski definition) is 4. The van der Waals surface area contributed by atoms with Gasteiger partial charge in [-0.15, -0.1) is 0 Å². The summed E-state index contributed by atoms with van der Waals surface area (Å²) in [6.07, 6.45) is 0. The van der Waals surface area contributed by atoms with E-state index in [0.717, 1.165) is 6.07 Å². The summed E-state index contributed by atoms with van der Waals surface area (Å²) in [5, 5.41) is 0. The number of nitrogens with two attached hydrogens (primary N) is 1. The summed E-state index contributed by atoms with van der Waals surface area (Å²) in [5.41, 5.74) is 5.77. The first-order chi connectivity index (χ1) is 9.21. The van der Waals surface area contributed by atoms with Crippen LogP contribution in [0.15, 0.2) is 21.5 Å². The van der Waals surface area contributed by atoms with Crippen molar-refractivity contribution in [3.63, 3.8) is 0 Å². The fraction of sp³-hybridized carbons (Fsp3) is 0.500. The predicted octanol–water partition coefficient (Wildman–Crippen LogP) is 2.22. The average Bonchev–Trinajstić information content (AvgIpc) is 2.33. The first kappa shape index (κ1) is 17.4. The molecule has 1 rings (SSSR count). The summed E-state index contributed by atoms with van der Waals surface area (Å²) in [5.74, 6) is -0.845. The van der Waals surface area contributed by atoms with E-state index in [4.69, 9.17) is 10.5 Å². The normalized spacial score (nSPS) is 12.3. The Balaban J connectivity index is 3.33. The Morgan fingerprint density at radius 3 is 2.55 bits per heavy atom. The number of nitrogens with zero attached hydrogens (tertiary/aromatic N) is 1. The Bertz CT molecular complexity index is 578. The van der Waals surface area contributed by atoms with Gasteiger partial charge in [-0.1, -0.05) is 0 Å². The number of hydrogen-bond donors (Lipinski definition) is 1. The van der Waals surface area contributed by atoms with E-state index in [9.17, 15) is 12.8 Å². The molecule has 1 aromatic carbocycles. The Hall–Kier alpha value is -0.700. The van der Waals surface area contributed by atoms with Crippen LogP contribution in [0.4, 0.5) is 10.1 Å². The number of anilines is 1. The molecule has 0 heterocycles. The maximum Gasteiger partial charge on any atom is 0.246 e. The van der Waals surface area contributed by atoms with Crippen molar-refractivity contribution in [2.75, 3.05) is 26.0 Å². The highest BCUT2D eigenvalue weighted by Crippen LogP contribution is 2.29. The first-order valence-corrected chi connectivity index (χ1v) is 8.20. The quantitative estimate of drug-likeness (QED) is 0.781. The van der Waals surface area contributed by atoms with Gasteiger partial charge in [0.25, 0.3) is 0 Å². The smallest absolute Gasteiger partial charge is 0.246 e. The van der Waals surface area contributed by atoms with Gasteiger partial charge in [0.05, 0.1) is 11.1 Å². The highest BCUT2D eigenvalue weighted by atomic mass is 79.9. The molecule has 1 aromatic rings. The van der Waals surface area contributed by atoms with Crippen LogP contribution in [0.25, 0.3) is 0 Å². The zero-order valence-electron chi connectivity index (χ0n) is 11.6. The average molecular weight is 369 g/mol. The van der Waals surface area contributed by atoms with Crippen molar-refractivity contribution >= 4 is 31.6 Å². The van der Waals surface area contributed by atoms with E-state index >= 15 is 0 Å². The topological polar surface area (TPSA) is 72.6 Å². The molecule has 5 nitrogen and oxygen atoms in total. The van der Waals surface area contributed by atoms with Gasteiger partial charge < -0.3 is 10.5 Å². The molecule has 0 aromatic heterocycles. The van der Waals surface area contributed by atoms with Gasteiger partial charge in [-0.05, 0) is 41.9 Å². The lowest BCUT2D eigenvalue weighted by Crippen LogP contribution is -2.39. The molecule has 0 aliphatic heterocycles. The summed E-state index contributed by atoms with van der Waals surface area (Å²) in [6, 6.07) is 2.12. The van der Waals surface area contributed by atoms with Gasteiger partial charge in [0.15, 0.2) is 5.82 Å². The van der Waals surface area contributed by atoms with Crippen molar-refractivity contribution < 1.29 is 17.5 Å². The molecule has 2 N–H and O–H groups in total. The molecule has 0 spiro atoms. The molecule has 0 fully saturated rings. The molecule has 20 heavy (non-hydrogen) atoms. The summed E-state index contributed by atoms with van der Waals surface area (Å²) >= 11 is 2.97. The number of sulfonamides is 1. The molecule has 8 heteroatoms. The van der Waals surface area contributed by atoms with E-state index in [1.54, 1.807) is 13.8 Å². The van der Waals surface area contributed by atoms with Gasteiger partial charge in [-0.25, -0.2) is 12.8 Å². The molecule has 0 aliphatic carbocycles. The summed E-state index contributed by atoms with van der Waals surface area (Å²) in [6.45, 7) is 3.80. The maximum absolute atomic E-state index is 14.1. The van der Waals surface area contributed by atoms with Crippen molar-refractivity contribution in [2.45, 2.75) is 24.8 Å². The monoisotopic (exact) mass is 368 g/mol. The highest BCUT2D eigenvalue weighted by molar-refractivity contribution is 9.10. The maximum atomic E-state index is 14.1. The number of benzene rings is 1. The Kier molecular flexibility index (Phi) is 5.93. The van der Waals surface area contributed by atoms with Gasteiger partial charge in [0, 0.05) is 25.4 Å². The summed E-state index contributed by atoms with van der Waals surface area (Å²) in [7, 11) is -2.50. The Labute approximate surface area is 127 Å². The largest absolute Gasteiger partial charge is 0.399 e. The molecular formula is C12H18BrFN2O3S. The van der Waals surface area contributed by atoms with Crippen LogP contribution in [-0.4, -0.2) is 39.0 Å². The first-order valence-electron chi connectivity index (χ1n) is 5.97. The molecule has 0 bridgehead atoms. The third-order valence-electron chi connectivity index (χ3n) is 2.70. The lowest BCUT2D eigenvalue weighted by atomic mass is 10.3. The van der Waals surface area contributed by atoms with E-state index < -0.39 is 20.7 Å². The molecule has 0 saturated carbocycles. The van der Waals surface area contributed by atoms with E-state index in [0.29, 0.717) is 0 Å². The molecular weight excluding hydrogens is 351 g/mol. The van der Waals surface area contributed by atoms with Gasteiger partial charge >= 0.3 is 0 Å². The number of methoxy groups -OCH3 is 1. The summed E-state index contributed by atoms with van der Waals surface area (Å²) < 4.78 is 45.3. The fourth-order valence-electron chi connectivity index (χ4n) is 1.73. The van der Waals surface area contributed by atoms with Crippen LogP contribution < -0.4 is 5.73 Å². The van der Waals surface area contributed by atoms with Crippen molar-refractivity contribution in [2.24, 2.45) is 0 Å². The fourth-order valence-corrected chi connectivity index (χ4v) is 4.09. The predicted molar refractivity (Wildman–Crippen MR) is 79.4 cm³/mol. The number of rotatable bonds is 6. The molecule has 114 valence electrons. The Morgan fingerprint density at radius 2 is 2.05 bits per heavy atom. The second-order valence-electron chi connectivity index (χ2n) is 4.52. The number of nitrogen functional groups attached to an aromatic ring is 1. The zero-order valence-corrected chi connectivity index (χ0v) is 14.0. The third-order valence-corrected chi connectivity index (χ3v) is 5.35. The lowest BCUT2D eigenvalue weighted by molar-refractivity contribution is 0.170. The van der Waals surface area contributed by atoms with Crippen LogP contribution in [-0.2, 0) is 14.8 Å². The molecule has 0 saturated heterocycles. The molecule has 0 unspecified atom stereocenters. The zero-order chi connectivity index (χ0) is 15.5. The highest BCUT2D eigenvalue weighted by Gasteiger charge is 2.30. The van der Waals surface area contributed by atoms with Gasteiger partial charge in [-0.2, -0.15) is 4.31 Å². The minimum atomic E-state index is -3.98. The molecule has 0 aliphatic rings. The number of ether oxygens (including phenoxy) is 1. The molecule has 0 atom stereocenters. The van der Waals surface area contributed by atoms with Crippen molar-refractivity contribution in [1.82, 2.24) is 4.31 Å². The SMILES string of the molecule is COCCN(C(C)C)S(=O)(=O)c1cc(N)cc(Br)c1F. The van der Waals surface area contributed by atoms with Crippen LogP contribution in [0.2, 0.25) is 0 Å². The summed E-state index contributed by atoms with van der Waals surface area (Å²) in [4.78, 5) is -0.436. The van der Waals surface area contributed by atoms with Crippen LogP contribution in [0.3, 0.4) is 0 Å². The Morgan fingerprint density at radius 1 is 1.45 bits per heavy atom. The van der Waals surface area contributed by atoms with Crippen LogP contribution in [0.1, 0.15) is 13.8 Å². The van der Waals surface area contributed by atoms with Crippen molar-refractivity contribution in [3.8, 4) is 0 Å². The van der Waals surface area contributed by atoms with Crippen molar-refractivity contribution in [1.29, 1.82) is 0 Å². The van der Waals surface area contributed by atoms with Crippen LogP contribution in [0, 0.1) is 5.82 Å². The van der Waals surface area contributed by atoms with E-state index in [1.807, 2.05) is 0 Å². The minimum absolute atomic E-state index is 0.0199. The molecule has 0 amide bonds. The standard InChI is InChI=1S/C12H18BrFN2O3S/c1-8(2)16(4-5-19-3)20(17,18)11-7-9(15)6-10(13)12(11)14/h6-8H,4-5,15H2,1-3H3.